The maximum Gasteiger partial charge on any atom is 0.237 e. The van der Waals surface area contributed by atoms with Crippen LogP contribution in [0.2, 0.25) is 0 Å². The first-order chi connectivity index (χ1) is 14.3. The van der Waals surface area contributed by atoms with Gasteiger partial charge >= 0.3 is 0 Å². The van der Waals surface area contributed by atoms with Crippen molar-refractivity contribution in [2.45, 2.75) is 31.3 Å². The van der Waals surface area contributed by atoms with Crippen molar-refractivity contribution in [1.82, 2.24) is 29.9 Å². The van der Waals surface area contributed by atoms with E-state index >= 15 is 0 Å². The third kappa shape index (κ3) is 4.29. The highest BCUT2D eigenvalue weighted by molar-refractivity contribution is 7.98. The molecule has 148 valence electrons. The molecular formula is C20H20N6O2S. The molecule has 0 bridgehead atoms. The predicted octanol–water partition coefficient (Wildman–Crippen LogP) is 4.10. The molecule has 0 radical (unpaired) electrons. The van der Waals surface area contributed by atoms with Crippen LogP contribution in [0.4, 0.5) is 0 Å². The maximum absolute atomic E-state index is 5.46. The highest BCUT2D eigenvalue weighted by Gasteiger charge is 2.15. The van der Waals surface area contributed by atoms with Gasteiger partial charge in [0.1, 0.15) is 5.75 Å². The third-order valence-corrected chi connectivity index (χ3v) is 5.14. The molecule has 3 heterocycles. The van der Waals surface area contributed by atoms with E-state index in [1.807, 2.05) is 43.3 Å². The first-order valence-electron chi connectivity index (χ1n) is 9.30. The van der Waals surface area contributed by atoms with Gasteiger partial charge in [-0.25, -0.2) is 0 Å². The second-order valence-corrected chi connectivity index (χ2v) is 6.99. The van der Waals surface area contributed by atoms with Gasteiger partial charge in [0.2, 0.25) is 11.7 Å². The molecule has 8 nitrogen and oxygen atoms in total. The summed E-state index contributed by atoms with van der Waals surface area (Å²) in [4.78, 5) is 8.54. The van der Waals surface area contributed by atoms with Gasteiger partial charge in [-0.15, -0.1) is 10.2 Å². The largest absolute Gasteiger partial charge is 0.494 e. The highest BCUT2D eigenvalue weighted by Crippen LogP contribution is 2.27. The average Bonchev–Trinajstić information content (AvgIpc) is 3.40. The molecule has 0 amide bonds. The first-order valence-corrected chi connectivity index (χ1v) is 10.3. The van der Waals surface area contributed by atoms with E-state index in [4.69, 9.17) is 9.26 Å². The van der Waals surface area contributed by atoms with Crippen LogP contribution in [0.3, 0.4) is 0 Å². The van der Waals surface area contributed by atoms with Crippen molar-refractivity contribution in [3.05, 3.63) is 54.7 Å². The molecule has 3 aromatic heterocycles. The quantitative estimate of drug-likeness (QED) is 0.402. The lowest BCUT2D eigenvalue weighted by molar-refractivity contribution is 0.340. The lowest BCUT2D eigenvalue weighted by atomic mass is 10.2. The summed E-state index contributed by atoms with van der Waals surface area (Å²) < 4.78 is 12.9. The minimum absolute atomic E-state index is 0.512. The van der Waals surface area contributed by atoms with Gasteiger partial charge in [-0.3, -0.25) is 4.98 Å². The second kappa shape index (κ2) is 8.87. The van der Waals surface area contributed by atoms with E-state index < -0.39 is 0 Å². The fourth-order valence-corrected chi connectivity index (χ4v) is 3.66. The van der Waals surface area contributed by atoms with Gasteiger partial charge < -0.3 is 13.8 Å². The van der Waals surface area contributed by atoms with Crippen molar-refractivity contribution in [2.75, 3.05) is 6.61 Å². The molecule has 4 rings (SSSR count). The predicted molar refractivity (Wildman–Crippen MR) is 109 cm³/mol. The minimum atomic E-state index is 0.512. The lowest BCUT2D eigenvalue weighted by Gasteiger charge is -2.06. The Kier molecular flexibility index (Phi) is 5.85. The summed E-state index contributed by atoms with van der Waals surface area (Å²) in [5.74, 6) is 3.24. The normalized spacial score (nSPS) is 11.0. The Bertz CT molecular complexity index is 1060. The van der Waals surface area contributed by atoms with Crippen LogP contribution in [-0.2, 0) is 12.3 Å². The monoisotopic (exact) mass is 408 g/mol. The molecule has 0 aliphatic carbocycles. The van der Waals surface area contributed by atoms with E-state index in [1.54, 1.807) is 12.4 Å². The second-order valence-electron chi connectivity index (χ2n) is 6.04. The van der Waals surface area contributed by atoms with Crippen molar-refractivity contribution in [3.8, 4) is 28.5 Å². The molecule has 0 atom stereocenters. The van der Waals surface area contributed by atoms with Crippen LogP contribution < -0.4 is 4.74 Å². The van der Waals surface area contributed by atoms with Gasteiger partial charge in [-0.1, -0.05) is 16.9 Å². The molecule has 0 N–H and O–H groups in total. The van der Waals surface area contributed by atoms with Crippen LogP contribution in [-0.4, -0.2) is 36.5 Å². The molecule has 4 aromatic rings. The molecule has 1 aromatic carbocycles. The Hall–Kier alpha value is -3.20. The molecule has 0 aliphatic heterocycles. The molecule has 9 heteroatoms. The van der Waals surface area contributed by atoms with Gasteiger partial charge in [0.05, 0.1) is 12.4 Å². The number of benzene rings is 1. The van der Waals surface area contributed by atoms with Gasteiger partial charge in [0, 0.05) is 30.1 Å². The maximum atomic E-state index is 5.46. The van der Waals surface area contributed by atoms with E-state index in [1.165, 1.54) is 11.8 Å². The summed E-state index contributed by atoms with van der Waals surface area (Å²) in [6.07, 6.45) is 3.50. The van der Waals surface area contributed by atoms with Crippen LogP contribution in [0.5, 0.6) is 5.75 Å². The van der Waals surface area contributed by atoms with Gasteiger partial charge in [0.25, 0.3) is 0 Å². The standard InChI is InChI=1S/C20H20N6O2S/c1-3-26-19(15-9-11-21-12-10-15)23-24-20(26)29-13-17-22-18(25-28-17)14-5-7-16(8-6-14)27-4-2/h5-12H,3-4,13H2,1-2H3. The average molecular weight is 408 g/mol. The lowest BCUT2D eigenvalue weighted by Crippen LogP contribution is -2.00. The highest BCUT2D eigenvalue weighted by atomic mass is 32.2. The van der Waals surface area contributed by atoms with Crippen molar-refractivity contribution >= 4 is 11.8 Å². The number of nitrogens with zero attached hydrogens (tertiary/aromatic N) is 6. The van der Waals surface area contributed by atoms with Crippen LogP contribution in [0, 0.1) is 0 Å². The van der Waals surface area contributed by atoms with E-state index in [2.05, 4.69) is 36.8 Å². The zero-order chi connectivity index (χ0) is 20.1. The molecule has 0 fully saturated rings. The third-order valence-electron chi connectivity index (χ3n) is 4.19. The summed E-state index contributed by atoms with van der Waals surface area (Å²) in [6, 6.07) is 11.5. The Morgan fingerprint density at radius 1 is 1.00 bits per heavy atom. The van der Waals surface area contributed by atoms with Crippen LogP contribution >= 0.6 is 11.8 Å². The molecule has 29 heavy (non-hydrogen) atoms. The summed E-state index contributed by atoms with van der Waals surface area (Å²) >= 11 is 1.52. The number of ether oxygens (including phenoxy) is 1. The van der Waals surface area contributed by atoms with Crippen LogP contribution in [0.15, 0.2) is 58.5 Å². The van der Waals surface area contributed by atoms with E-state index in [-0.39, 0.29) is 0 Å². The summed E-state index contributed by atoms with van der Waals surface area (Å²) in [6.45, 7) is 5.41. The Morgan fingerprint density at radius 3 is 2.52 bits per heavy atom. The summed E-state index contributed by atoms with van der Waals surface area (Å²) in [7, 11) is 0. The molecular weight excluding hydrogens is 388 g/mol. The molecule has 0 unspecified atom stereocenters. The van der Waals surface area contributed by atoms with Crippen molar-refractivity contribution in [3.63, 3.8) is 0 Å². The fraction of sp³-hybridized carbons (Fsp3) is 0.250. The SMILES string of the molecule is CCOc1ccc(-c2noc(CSc3nnc(-c4ccncc4)n3CC)n2)cc1. The Morgan fingerprint density at radius 2 is 1.79 bits per heavy atom. The first kappa shape index (κ1) is 19.1. The number of rotatable bonds is 8. The smallest absolute Gasteiger partial charge is 0.237 e. The number of thioether (sulfide) groups is 1. The number of pyridine rings is 1. The van der Waals surface area contributed by atoms with Gasteiger partial charge in [-0.05, 0) is 50.2 Å². The molecule has 0 spiro atoms. The molecule has 0 aliphatic rings. The van der Waals surface area contributed by atoms with Crippen LogP contribution in [0.1, 0.15) is 19.7 Å². The minimum Gasteiger partial charge on any atom is -0.494 e. The molecule has 0 saturated heterocycles. The zero-order valence-electron chi connectivity index (χ0n) is 16.1. The molecule has 0 saturated carbocycles. The van der Waals surface area contributed by atoms with Crippen molar-refractivity contribution in [2.24, 2.45) is 0 Å². The topological polar surface area (TPSA) is 91.8 Å². The van der Waals surface area contributed by atoms with E-state index in [0.717, 1.165) is 34.4 Å². The fourth-order valence-electron chi connectivity index (χ4n) is 2.82. The number of hydrogen-bond acceptors (Lipinski definition) is 8. The Labute approximate surface area is 172 Å². The van der Waals surface area contributed by atoms with E-state index in [9.17, 15) is 0 Å². The number of hydrogen-bond donors (Lipinski definition) is 0. The summed E-state index contributed by atoms with van der Waals surface area (Å²) in [5.41, 5.74) is 1.86. The zero-order valence-corrected chi connectivity index (χ0v) is 17.0. The van der Waals surface area contributed by atoms with E-state index in [0.29, 0.717) is 24.1 Å². The van der Waals surface area contributed by atoms with Crippen molar-refractivity contribution in [1.29, 1.82) is 0 Å². The van der Waals surface area contributed by atoms with Gasteiger partial charge in [-0.2, -0.15) is 4.98 Å². The van der Waals surface area contributed by atoms with Gasteiger partial charge in [0.15, 0.2) is 11.0 Å². The summed E-state index contributed by atoms with van der Waals surface area (Å²) in [5, 5.41) is 13.5. The number of aromatic nitrogens is 6. The Balaban J connectivity index is 1.46. The van der Waals surface area contributed by atoms with Crippen LogP contribution in [0.25, 0.3) is 22.8 Å². The van der Waals surface area contributed by atoms with Crippen molar-refractivity contribution < 1.29 is 9.26 Å².